The predicted molar refractivity (Wildman–Crippen MR) is 113 cm³/mol. The van der Waals surface area contributed by atoms with Crippen molar-refractivity contribution in [3.63, 3.8) is 0 Å². The third-order valence-corrected chi connectivity index (χ3v) is 5.48. The Morgan fingerprint density at radius 1 is 1.13 bits per heavy atom. The summed E-state index contributed by atoms with van der Waals surface area (Å²) in [5.74, 6) is 1.77. The van der Waals surface area contributed by atoms with Crippen molar-refractivity contribution in [1.29, 1.82) is 0 Å². The summed E-state index contributed by atoms with van der Waals surface area (Å²) >= 11 is 0. The summed E-state index contributed by atoms with van der Waals surface area (Å²) < 4.78 is 5.41. The van der Waals surface area contributed by atoms with E-state index in [0.717, 1.165) is 44.1 Å². The molecule has 11 nitrogen and oxygen atoms in total. The van der Waals surface area contributed by atoms with Crippen LogP contribution in [-0.4, -0.2) is 86.9 Å². The van der Waals surface area contributed by atoms with Gasteiger partial charge in [0.05, 0.1) is 31.6 Å². The highest BCUT2D eigenvalue weighted by molar-refractivity contribution is 6.00. The second-order valence-corrected chi connectivity index (χ2v) is 7.45. The molecule has 0 aliphatic carbocycles. The van der Waals surface area contributed by atoms with E-state index in [1.807, 2.05) is 19.1 Å². The van der Waals surface area contributed by atoms with Crippen LogP contribution in [0.25, 0.3) is 22.8 Å². The molecule has 5 rings (SSSR count). The molecule has 0 atom stereocenters. The Hall–Kier alpha value is -3.44. The molecule has 160 valence electrons. The van der Waals surface area contributed by atoms with E-state index in [-0.39, 0.29) is 12.5 Å². The summed E-state index contributed by atoms with van der Waals surface area (Å²) in [6, 6.07) is 3.80. The average molecular weight is 421 g/mol. The molecule has 5 heterocycles. The summed E-state index contributed by atoms with van der Waals surface area (Å²) in [6.45, 7) is 6.67. The first kappa shape index (κ1) is 19.5. The lowest BCUT2D eigenvalue weighted by molar-refractivity contribution is -0.117. The average Bonchev–Trinajstić information content (AvgIpc) is 3.34. The number of aromatic amines is 1. The van der Waals surface area contributed by atoms with Crippen LogP contribution < -0.4 is 10.2 Å². The first-order valence-electron chi connectivity index (χ1n) is 10.2. The number of hydrogen-bond donors (Lipinski definition) is 2. The van der Waals surface area contributed by atoms with Gasteiger partial charge in [0.25, 0.3) is 0 Å². The van der Waals surface area contributed by atoms with E-state index in [1.165, 1.54) is 6.33 Å². The fraction of sp³-hybridized carbons (Fsp3) is 0.400. The Kier molecular flexibility index (Phi) is 5.26. The van der Waals surface area contributed by atoms with Crippen LogP contribution in [0.3, 0.4) is 0 Å². The van der Waals surface area contributed by atoms with Crippen molar-refractivity contribution in [2.24, 2.45) is 0 Å². The zero-order valence-electron chi connectivity index (χ0n) is 17.2. The van der Waals surface area contributed by atoms with E-state index in [9.17, 15) is 4.79 Å². The van der Waals surface area contributed by atoms with E-state index in [2.05, 4.69) is 35.4 Å². The number of pyridine rings is 1. The topological polar surface area (TPSA) is 125 Å². The van der Waals surface area contributed by atoms with Crippen LogP contribution in [0.15, 0.2) is 24.7 Å². The van der Waals surface area contributed by atoms with Crippen molar-refractivity contribution in [3.05, 3.63) is 30.4 Å². The fourth-order valence-corrected chi connectivity index (χ4v) is 3.79. The summed E-state index contributed by atoms with van der Waals surface area (Å²) in [5, 5.41) is 10.9. The molecule has 31 heavy (non-hydrogen) atoms. The van der Waals surface area contributed by atoms with Gasteiger partial charge in [-0.1, -0.05) is 0 Å². The lowest BCUT2D eigenvalue weighted by Crippen LogP contribution is -2.47. The van der Waals surface area contributed by atoms with Gasteiger partial charge < -0.3 is 15.0 Å². The van der Waals surface area contributed by atoms with Crippen molar-refractivity contribution >= 4 is 17.5 Å². The number of hydrogen-bond acceptors (Lipinski definition) is 9. The molecule has 1 saturated heterocycles. The van der Waals surface area contributed by atoms with Crippen LogP contribution >= 0.6 is 0 Å². The van der Waals surface area contributed by atoms with Gasteiger partial charge in [-0.25, -0.2) is 15.0 Å². The summed E-state index contributed by atoms with van der Waals surface area (Å²) in [4.78, 5) is 33.6. The first-order valence-corrected chi connectivity index (χ1v) is 10.2. The van der Waals surface area contributed by atoms with E-state index in [1.54, 1.807) is 11.1 Å². The third kappa shape index (κ3) is 3.97. The number of rotatable bonds is 5. The zero-order valence-corrected chi connectivity index (χ0v) is 17.2. The largest absolute Gasteiger partial charge is 0.379 e. The maximum atomic E-state index is 12.6. The predicted octanol–water partition coefficient (Wildman–Crippen LogP) is 0.723. The number of ether oxygens (including phenoxy) is 1. The number of aryl methyl sites for hydroxylation is 1. The number of anilines is 2. The molecule has 2 aliphatic rings. The number of amides is 1. The lowest BCUT2D eigenvalue weighted by Gasteiger charge is -2.32. The fourth-order valence-electron chi connectivity index (χ4n) is 3.79. The molecule has 0 spiro atoms. The highest BCUT2D eigenvalue weighted by Crippen LogP contribution is 2.30. The number of nitrogens with zero attached hydrogens (tertiary/aromatic N) is 7. The Bertz CT molecular complexity index is 1080. The second-order valence-electron chi connectivity index (χ2n) is 7.45. The maximum absolute atomic E-state index is 12.6. The van der Waals surface area contributed by atoms with Gasteiger partial charge >= 0.3 is 0 Å². The van der Waals surface area contributed by atoms with Gasteiger partial charge in [-0.05, 0) is 19.1 Å². The van der Waals surface area contributed by atoms with Gasteiger partial charge in [0.15, 0.2) is 17.5 Å². The van der Waals surface area contributed by atoms with Crippen molar-refractivity contribution in [3.8, 4) is 22.8 Å². The standard InChI is InChI=1S/C20H23N9O2/c1-13-14(2-3-15(25-13)18-23-12-24-27-18)16-10-21-19-20(26-16)29(17(30)11-22-19)5-4-28-6-8-31-9-7-28/h2-3,10,12H,4-9,11H2,1H3,(H,21,22)(H,23,24,27). The molecule has 1 fully saturated rings. The lowest BCUT2D eigenvalue weighted by atomic mass is 10.1. The SMILES string of the molecule is Cc1nc(-c2nnc[nH]2)ccc1-c1cnc2c(n1)N(CCN1CCOCC1)C(=O)CN2. The molecule has 0 radical (unpaired) electrons. The van der Waals surface area contributed by atoms with Gasteiger partial charge in [-0.2, -0.15) is 0 Å². The van der Waals surface area contributed by atoms with Crippen molar-refractivity contribution in [2.75, 3.05) is 56.2 Å². The van der Waals surface area contributed by atoms with E-state index in [4.69, 9.17) is 9.72 Å². The molecule has 0 aromatic carbocycles. The molecular formula is C20H23N9O2. The first-order chi connectivity index (χ1) is 15.2. The smallest absolute Gasteiger partial charge is 0.247 e. The van der Waals surface area contributed by atoms with Gasteiger partial charge in [0.2, 0.25) is 5.91 Å². The molecule has 2 aliphatic heterocycles. The number of carbonyl (C=O) groups excluding carboxylic acids is 1. The van der Waals surface area contributed by atoms with Crippen LogP contribution in [0.2, 0.25) is 0 Å². The number of nitrogens with one attached hydrogen (secondary N) is 2. The molecule has 3 aromatic rings. The molecule has 0 saturated carbocycles. The summed E-state index contributed by atoms with van der Waals surface area (Å²) in [7, 11) is 0. The van der Waals surface area contributed by atoms with Gasteiger partial charge in [0, 0.05) is 37.4 Å². The van der Waals surface area contributed by atoms with Gasteiger partial charge in [-0.3, -0.25) is 14.6 Å². The number of aromatic nitrogens is 6. The minimum atomic E-state index is -0.0114. The van der Waals surface area contributed by atoms with Crippen LogP contribution in [0.1, 0.15) is 5.69 Å². The van der Waals surface area contributed by atoms with Gasteiger partial charge in [0.1, 0.15) is 12.0 Å². The van der Waals surface area contributed by atoms with Crippen molar-refractivity contribution in [2.45, 2.75) is 6.92 Å². The summed E-state index contributed by atoms with van der Waals surface area (Å²) in [5.41, 5.74) is 3.01. The minimum Gasteiger partial charge on any atom is -0.379 e. The Balaban J connectivity index is 1.42. The van der Waals surface area contributed by atoms with E-state index >= 15 is 0 Å². The molecule has 3 aromatic heterocycles. The number of H-pyrrole nitrogens is 1. The Labute approximate surface area is 178 Å². The number of carbonyl (C=O) groups is 1. The molecule has 2 N–H and O–H groups in total. The minimum absolute atomic E-state index is 0.0114. The van der Waals surface area contributed by atoms with Crippen LogP contribution in [0.5, 0.6) is 0 Å². The quantitative estimate of drug-likeness (QED) is 0.613. The molecule has 1 amide bonds. The maximum Gasteiger partial charge on any atom is 0.247 e. The van der Waals surface area contributed by atoms with Crippen LogP contribution in [-0.2, 0) is 9.53 Å². The zero-order chi connectivity index (χ0) is 21.2. The summed E-state index contributed by atoms with van der Waals surface area (Å²) in [6.07, 6.45) is 3.23. The van der Waals surface area contributed by atoms with Crippen LogP contribution in [0, 0.1) is 6.92 Å². The Morgan fingerprint density at radius 2 is 2.00 bits per heavy atom. The monoisotopic (exact) mass is 421 g/mol. The third-order valence-electron chi connectivity index (χ3n) is 5.48. The Morgan fingerprint density at radius 3 is 2.77 bits per heavy atom. The highest BCUT2D eigenvalue weighted by Gasteiger charge is 2.27. The van der Waals surface area contributed by atoms with E-state index < -0.39 is 0 Å². The second kappa shape index (κ2) is 8.36. The van der Waals surface area contributed by atoms with Crippen LogP contribution in [0.4, 0.5) is 11.6 Å². The number of morpholine rings is 1. The van der Waals surface area contributed by atoms with Gasteiger partial charge in [-0.15, -0.1) is 10.2 Å². The molecule has 0 bridgehead atoms. The normalized spacial score (nSPS) is 16.8. The highest BCUT2D eigenvalue weighted by atomic mass is 16.5. The molecule has 11 heteroatoms. The molecule has 0 unspecified atom stereocenters. The molecular weight excluding hydrogens is 398 g/mol. The van der Waals surface area contributed by atoms with E-state index in [0.29, 0.717) is 35.4 Å². The van der Waals surface area contributed by atoms with Crippen molar-refractivity contribution < 1.29 is 9.53 Å². The number of fused-ring (bicyclic) bond motifs is 1. The van der Waals surface area contributed by atoms with Crippen molar-refractivity contribution in [1.82, 2.24) is 35.0 Å².